The summed E-state index contributed by atoms with van der Waals surface area (Å²) in [5, 5.41) is 0. The molecule has 1 saturated carbocycles. The van der Waals surface area contributed by atoms with Gasteiger partial charge in [-0.1, -0.05) is 23.3 Å². The van der Waals surface area contributed by atoms with Gasteiger partial charge in [0.1, 0.15) is 0 Å². The monoisotopic (exact) mass is 447 g/mol. The zero-order chi connectivity index (χ0) is 23.1. The van der Waals surface area contributed by atoms with E-state index >= 15 is 0 Å². The van der Waals surface area contributed by atoms with Gasteiger partial charge in [0.05, 0.1) is 24.0 Å². The van der Waals surface area contributed by atoms with Gasteiger partial charge in [-0.25, -0.2) is 13.2 Å². The highest BCUT2D eigenvalue weighted by atomic mass is 32.2. The predicted octanol–water partition coefficient (Wildman–Crippen LogP) is 3.15. The van der Waals surface area contributed by atoms with Gasteiger partial charge in [0, 0.05) is 19.0 Å². The number of ether oxygens (including phenoxy) is 2. The van der Waals surface area contributed by atoms with Crippen LogP contribution in [0.1, 0.15) is 40.2 Å². The fourth-order valence-electron chi connectivity index (χ4n) is 4.44. The molecule has 1 aromatic rings. The zero-order valence-electron chi connectivity index (χ0n) is 18.8. The van der Waals surface area contributed by atoms with Crippen molar-refractivity contribution in [3.63, 3.8) is 0 Å². The Morgan fingerprint density at radius 2 is 1.74 bits per heavy atom. The van der Waals surface area contributed by atoms with Crippen LogP contribution < -0.4 is 0 Å². The van der Waals surface area contributed by atoms with Gasteiger partial charge in [0.2, 0.25) is 10.0 Å². The summed E-state index contributed by atoms with van der Waals surface area (Å²) in [6.45, 7) is 10.6. The molecule has 1 aliphatic heterocycles. The number of benzene rings is 1. The molecule has 0 radical (unpaired) electrons. The third-order valence-electron chi connectivity index (χ3n) is 5.82. The Morgan fingerprint density at radius 1 is 1.13 bits per heavy atom. The van der Waals surface area contributed by atoms with Crippen molar-refractivity contribution in [2.24, 2.45) is 5.92 Å². The van der Waals surface area contributed by atoms with E-state index in [1.165, 1.54) is 11.2 Å². The summed E-state index contributed by atoms with van der Waals surface area (Å²) in [6.07, 6.45) is 0. The van der Waals surface area contributed by atoms with Gasteiger partial charge in [0.15, 0.2) is 5.60 Å². The molecule has 0 N–H and O–H groups in total. The van der Waals surface area contributed by atoms with Gasteiger partial charge in [-0.3, -0.25) is 4.79 Å². The second kappa shape index (κ2) is 8.24. The Morgan fingerprint density at radius 3 is 2.26 bits per heavy atom. The molecular formula is C23H29NO6S. The number of esters is 2. The number of aryl methyl sites for hydroxylation is 1. The van der Waals surface area contributed by atoms with Crippen molar-refractivity contribution in [3.05, 3.63) is 52.1 Å². The van der Waals surface area contributed by atoms with Gasteiger partial charge < -0.3 is 9.47 Å². The molecule has 0 spiro atoms. The normalized spacial score (nSPS) is 24.8. The third kappa shape index (κ3) is 4.06. The first-order valence-corrected chi connectivity index (χ1v) is 11.7. The summed E-state index contributed by atoms with van der Waals surface area (Å²) in [6, 6.07) is 6.60. The molecule has 0 bridgehead atoms. The minimum atomic E-state index is -3.88. The van der Waals surface area contributed by atoms with Crippen molar-refractivity contribution in [1.82, 2.24) is 4.31 Å². The molecule has 2 atom stereocenters. The van der Waals surface area contributed by atoms with Crippen molar-refractivity contribution in [3.8, 4) is 0 Å². The molecule has 0 amide bonds. The second-order valence-corrected chi connectivity index (χ2v) is 10.2. The van der Waals surface area contributed by atoms with Crippen molar-refractivity contribution < 1.29 is 27.5 Å². The van der Waals surface area contributed by atoms with Gasteiger partial charge in [0.25, 0.3) is 0 Å². The standard InChI is InChI=1S/C23H29NO6S/c1-7-29-22(26)16(5)19-12-24(31(27,28)18-10-8-15(4)9-11-18)13-23(30-17(6)25)20(14(2)3)21(19)23/h8-11,21H,7,12-13H2,1-6H3/b19-16+/t21-,23-/m1/s1. The Hall–Kier alpha value is -2.45. The van der Waals surface area contributed by atoms with Crippen molar-refractivity contribution >= 4 is 22.0 Å². The molecule has 31 heavy (non-hydrogen) atoms. The van der Waals surface area contributed by atoms with Crippen LogP contribution in [0.15, 0.2) is 51.5 Å². The summed E-state index contributed by atoms with van der Waals surface area (Å²) < 4.78 is 39.1. The summed E-state index contributed by atoms with van der Waals surface area (Å²) in [4.78, 5) is 24.6. The Labute approximate surface area is 183 Å². The van der Waals surface area contributed by atoms with E-state index in [0.29, 0.717) is 11.1 Å². The number of allylic oxidation sites excluding steroid dienone is 1. The second-order valence-electron chi connectivity index (χ2n) is 8.29. The zero-order valence-corrected chi connectivity index (χ0v) is 19.6. The predicted molar refractivity (Wildman–Crippen MR) is 116 cm³/mol. The largest absolute Gasteiger partial charge is 0.463 e. The van der Waals surface area contributed by atoms with Crippen LogP contribution in [0.4, 0.5) is 0 Å². The van der Waals surface area contributed by atoms with Gasteiger partial charge in [-0.2, -0.15) is 4.31 Å². The molecule has 1 heterocycles. The maximum atomic E-state index is 13.5. The SMILES string of the molecule is CCOC(=O)/C(C)=C1\CN(S(=O)(=O)c2ccc(C)cc2)C[C@@]2(OC(C)=O)C(=C(C)C)[C@@H]12. The molecule has 3 rings (SSSR count). The molecule has 1 aliphatic carbocycles. The smallest absolute Gasteiger partial charge is 0.333 e. The van der Waals surface area contributed by atoms with E-state index in [-0.39, 0.29) is 30.5 Å². The topological polar surface area (TPSA) is 90.0 Å². The number of fused-ring (bicyclic) bond motifs is 1. The molecule has 7 nitrogen and oxygen atoms in total. The fourth-order valence-corrected chi connectivity index (χ4v) is 5.88. The number of piperidine rings is 1. The Bertz CT molecular complexity index is 1080. The number of carbonyl (C=O) groups is 2. The minimum Gasteiger partial charge on any atom is -0.463 e. The summed E-state index contributed by atoms with van der Waals surface area (Å²) in [7, 11) is -3.88. The van der Waals surface area contributed by atoms with E-state index < -0.39 is 27.6 Å². The molecule has 0 unspecified atom stereocenters. The molecule has 2 fully saturated rings. The molecular weight excluding hydrogens is 418 g/mol. The van der Waals surface area contributed by atoms with E-state index in [1.54, 1.807) is 38.1 Å². The Kier molecular flexibility index (Phi) is 6.17. The Balaban J connectivity index is 2.15. The highest BCUT2D eigenvalue weighted by molar-refractivity contribution is 7.89. The first kappa shape index (κ1) is 23.2. The van der Waals surface area contributed by atoms with E-state index in [2.05, 4.69) is 0 Å². The fraction of sp³-hybridized carbons (Fsp3) is 0.478. The van der Waals surface area contributed by atoms with Crippen LogP contribution in [0.5, 0.6) is 0 Å². The summed E-state index contributed by atoms with van der Waals surface area (Å²) >= 11 is 0. The number of nitrogens with zero attached hydrogens (tertiary/aromatic N) is 1. The minimum absolute atomic E-state index is 0.00752. The summed E-state index contributed by atoms with van der Waals surface area (Å²) in [5.74, 6) is -1.32. The summed E-state index contributed by atoms with van der Waals surface area (Å²) in [5.41, 5.74) is 2.60. The highest BCUT2D eigenvalue weighted by Gasteiger charge is 2.69. The first-order valence-electron chi connectivity index (χ1n) is 10.3. The van der Waals surface area contributed by atoms with E-state index in [1.807, 2.05) is 20.8 Å². The van der Waals surface area contributed by atoms with Gasteiger partial charge in [-0.05, 0) is 57.9 Å². The maximum absolute atomic E-state index is 13.5. The van der Waals surface area contributed by atoms with Crippen LogP contribution in [0.2, 0.25) is 0 Å². The molecule has 2 aliphatic rings. The van der Waals surface area contributed by atoms with E-state index in [4.69, 9.17) is 9.47 Å². The maximum Gasteiger partial charge on any atom is 0.333 e. The van der Waals surface area contributed by atoms with E-state index in [0.717, 1.165) is 16.7 Å². The molecule has 1 aromatic carbocycles. The molecule has 0 aromatic heterocycles. The van der Waals surface area contributed by atoms with Crippen molar-refractivity contribution in [2.75, 3.05) is 19.7 Å². The van der Waals surface area contributed by atoms with Crippen molar-refractivity contribution in [2.45, 2.75) is 52.0 Å². The lowest BCUT2D eigenvalue weighted by Crippen LogP contribution is -2.47. The highest BCUT2D eigenvalue weighted by Crippen LogP contribution is 2.62. The van der Waals surface area contributed by atoms with Crippen LogP contribution >= 0.6 is 0 Å². The van der Waals surface area contributed by atoms with Crippen molar-refractivity contribution in [1.29, 1.82) is 0 Å². The molecule has 168 valence electrons. The average molecular weight is 448 g/mol. The van der Waals surface area contributed by atoms with Crippen LogP contribution in [-0.2, 0) is 29.1 Å². The van der Waals surface area contributed by atoms with Gasteiger partial charge in [-0.15, -0.1) is 0 Å². The quantitative estimate of drug-likeness (QED) is 0.391. The van der Waals surface area contributed by atoms with Gasteiger partial charge >= 0.3 is 11.9 Å². The number of hydrogen-bond donors (Lipinski definition) is 0. The molecule has 8 heteroatoms. The molecule has 1 saturated heterocycles. The number of rotatable bonds is 5. The third-order valence-corrected chi connectivity index (χ3v) is 7.63. The lowest BCUT2D eigenvalue weighted by atomic mass is 9.98. The van der Waals surface area contributed by atoms with Crippen LogP contribution in [0.3, 0.4) is 0 Å². The van der Waals surface area contributed by atoms with Crippen LogP contribution in [0, 0.1) is 12.8 Å². The lowest BCUT2D eigenvalue weighted by molar-refractivity contribution is -0.149. The first-order chi connectivity index (χ1) is 14.5. The number of carbonyl (C=O) groups excluding carboxylic acids is 2. The van der Waals surface area contributed by atoms with E-state index in [9.17, 15) is 18.0 Å². The van der Waals surface area contributed by atoms with Crippen LogP contribution in [0.25, 0.3) is 0 Å². The lowest BCUT2D eigenvalue weighted by Gasteiger charge is -2.33. The average Bonchev–Trinajstić information content (AvgIpc) is 3.34. The number of hydrogen-bond acceptors (Lipinski definition) is 6. The van der Waals surface area contributed by atoms with Crippen LogP contribution in [-0.4, -0.2) is 50.0 Å². The number of sulfonamides is 1.